The van der Waals surface area contributed by atoms with Gasteiger partial charge in [0.05, 0.1) is 6.07 Å². The summed E-state index contributed by atoms with van der Waals surface area (Å²) < 4.78 is 0. The summed E-state index contributed by atoms with van der Waals surface area (Å²) in [7, 11) is 0. The van der Waals surface area contributed by atoms with Crippen molar-refractivity contribution in [2.24, 2.45) is 5.73 Å². The van der Waals surface area contributed by atoms with Gasteiger partial charge in [-0.2, -0.15) is 5.26 Å². The second-order valence-corrected chi connectivity index (χ2v) is 4.52. The SMILES string of the molecule is N#CCCCN1CCCc2c(C(N)=O)cccc21. The maximum atomic E-state index is 11.4. The monoisotopic (exact) mass is 243 g/mol. The molecule has 1 aliphatic rings. The van der Waals surface area contributed by atoms with Crippen LogP contribution in [0.25, 0.3) is 0 Å². The Morgan fingerprint density at radius 3 is 3.06 bits per heavy atom. The van der Waals surface area contributed by atoms with Crippen LogP contribution in [0.4, 0.5) is 5.69 Å². The summed E-state index contributed by atoms with van der Waals surface area (Å²) in [5.74, 6) is -0.356. The average molecular weight is 243 g/mol. The van der Waals surface area contributed by atoms with Crippen LogP contribution in [0, 0.1) is 11.3 Å². The Balaban J connectivity index is 2.24. The number of nitriles is 1. The molecular weight excluding hydrogens is 226 g/mol. The number of primary amides is 1. The van der Waals surface area contributed by atoms with Crippen molar-refractivity contribution in [2.45, 2.75) is 25.7 Å². The van der Waals surface area contributed by atoms with Gasteiger partial charge in [-0.05, 0) is 37.0 Å². The lowest BCUT2D eigenvalue weighted by atomic mass is 9.95. The fourth-order valence-corrected chi connectivity index (χ4v) is 2.51. The number of carbonyl (C=O) groups excluding carboxylic acids is 1. The van der Waals surface area contributed by atoms with Gasteiger partial charge in [0.25, 0.3) is 0 Å². The minimum Gasteiger partial charge on any atom is -0.371 e. The van der Waals surface area contributed by atoms with Gasteiger partial charge in [0, 0.05) is 30.8 Å². The molecular formula is C14H17N3O. The predicted octanol–water partition coefficient (Wildman–Crippen LogP) is 1.84. The van der Waals surface area contributed by atoms with Crippen molar-refractivity contribution >= 4 is 11.6 Å². The molecule has 0 aromatic heterocycles. The number of hydrogen-bond acceptors (Lipinski definition) is 3. The second kappa shape index (κ2) is 5.54. The van der Waals surface area contributed by atoms with Gasteiger partial charge in [-0.1, -0.05) is 6.07 Å². The molecule has 4 nitrogen and oxygen atoms in total. The molecule has 1 heterocycles. The molecule has 0 bridgehead atoms. The van der Waals surface area contributed by atoms with E-state index < -0.39 is 0 Å². The van der Waals surface area contributed by atoms with Crippen LogP contribution in [0.5, 0.6) is 0 Å². The van der Waals surface area contributed by atoms with Crippen LogP contribution in [0.15, 0.2) is 18.2 Å². The van der Waals surface area contributed by atoms with E-state index in [1.807, 2.05) is 12.1 Å². The molecule has 1 amide bonds. The van der Waals surface area contributed by atoms with Crippen LogP contribution >= 0.6 is 0 Å². The third-order valence-electron chi connectivity index (χ3n) is 3.33. The van der Waals surface area contributed by atoms with Crippen LogP contribution < -0.4 is 10.6 Å². The maximum absolute atomic E-state index is 11.4. The van der Waals surface area contributed by atoms with Crippen molar-refractivity contribution in [3.8, 4) is 6.07 Å². The molecule has 0 fully saturated rings. The lowest BCUT2D eigenvalue weighted by Gasteiger charge is -2.32. The van der Waals surface area contributed by atoms with Crippen molar-refractivity contribution in [3.05, 3.63) is 29.3 Å². The Hall–Kier alpha value is -2.02. The van der Waals surface area contributed by atoms with E-state index in [1.165, 1.54) is 0 Å². The van der Waals surface area contributed by atoms with Gasteiger partial charge in [-0.15, -0.1) is 0 Å². The van der Waals surface area contributed by atoms with E-state index in [9.17, 15) is 4.79 Å². The highest BCUT2D eigenvalue weighted by Gasteiger charge is 2.20. The van der Waals surface area contributed by atoms with Crippen LogP contribution in [-0.2, 0) is 6.42 Å². The number of nitrogens with zero attached hydrogens (tertiary/aromatic N) is 2. The molecule has 0 unspecified atom stereocenters. The first-order valence-electron chi connectivity index (χ1n) is 6.27. The summed E-state index contributed by atoms with van der Waals surface area (Å²) in [4.78, 5) is 13.7. The number of unbranched alkanes of at least 4 members (excludes halogenated alkanes) is 1. The Morgan fingerprint density at radius 1 is 1.50 bits per heavy atom. The van der Waals surface area contributed by atoms with E-state index in [1.54, 1.807) is 6.07 Å². The minimum atomic E-state index is -0.356. The van der Waals surface area contributed by atoms with Crippen LogP contribution in [-0.4, -0.2) is 19.0 Å². The molecule has 0 radical (unpaired) electrons. The van der Waals surface area contributed by atoms with Gasteiger partial charge in [0.15, 0.2) is 0 Å². The fraction of sp³-hybridized carbons (Fsp3) is 0.429. The summed E-state index contributed by atoms with van der Waals surface area (Å²) in [6.07, 6.45) is 3.37. The van der Waals surface area contributed by atoms with E-state index in [0.717, 1.165) is 43.6 Å². The van der Waals surface area contributed by atoms with Gasteiger partial charge in [-0.3, -0.25) is 4.79 Å². The quantitative estimate of drug-likeness (QED) is 0.820. The lowest BCUT2D eigenvalue weighted by Crippen LogP contribution is -2.31. The number of fused-ring (bicyclic) bond motifs is 1. The molecule has 0 aliphatic carbocycles. The zero-order valence-electron chi connectivity index (χ0n) is 10.4. The molecule has 1 aromatic carbocycles. The van der Waals surface area contributed by atoms with E-state index >= 15 is 0 Å². The molecule has 2 N–H and O–H groups in total. The van der Waals surface area contributed by atoms with Crippen LogP contribution in [0.3, 0.4) is 0 Å². The second-order valence-electron chi connectivity index (χ2n) is 4.52. The average Bonchev–Trinajstić information content (AvgIpc) is 2.38. The smallest absolute Gasteiger partial charge is 0.249 e. The van der Waals surface area contributed by atoms with Gasteiger partial charge < -0.3 is 10.6 Å². The number of rotatable bonds is 4. The van der Waals surface area contributed by atoms with Crippen molar-refractivity contribution in [2.75, 3.05) is 18.0 Å². The highest BCUT2D eigenvalue weighted by molar-refractivity contribution is 5.96. The highest BCUT2D eigenvalue weighted by Crippen LogP contribution is 2.29. The summed E-state index contributed by atoms with van der Waals surface area (Å²) in [5, 5.41) is 8.58. The van der Waals surface area contributed by atoms with E-state index in [4.69, 9.17) is 11.0 Å². The molecule has 94 valence electrons. The first kappa shape index (κ1) is 12.4. The van der Waals surface area contributed by atoms with E-state index in [2.05, 4.69) is 11.0 Å². The topological polar surface area (TPSA) is 70.1 Å². The Kier molecular flexibility index (Phi) is 3.83. The maximum Gasteiger partial charge on any atom is 0.249 e. The molecule has 0 spiro atoms. The summed E-state index contributed by atoms with van der Waals surface area (Å²) in [6, 6.07) is 7.86. The number of amides is 1. The number of hydrogen-bond donors (Lipinski definition) is 1. The molecule has 4 heteroatoms. The van der Waals surface area contributed by atoms with Gasteiger partial charge >= 0.3 is 0 Å². The highest BCUT2D eigenvalue weighted by atomic mass is 16.1. The normalized spacial score (nSPS) is 13.8. The molecule has 0 saturated heterocycles. The zero-order valence-corrected chi connectivity index (χ0v) is 10.4. The number of nitrogens with two attached hydrogens (primary N) is 1. The van der Waals surface area contributed by atoms with Gasteiger partial charge in [0.1, 0.15) is 0 Å². The number of benzene rings is 1. The first-order chi connectivity index (χ1) is 8.74. The molecule has 0 saturated carbocycles. The van der Waals surface area contributed by atoms with Crippen molar-refractivity contribution < 1.29 is 4.79 Å². The third kappa shape index (κ3) is 2.45. The van der Waals surface area contributed by atoms with Gasteiger partial charge in [0.2, 0.25) is 5.91 Å². The van der Waals surface area contributed by atoms with E-state index in [0.29, 0.717) is 12.0 Å². The molecule has 1 aromatic rings. The molecule has 18 heavy (non-hydrogen) atoms. The lowest BCUT2D eigenvalue weighted by molar-refractivity contribution is 0.0999. The van der Waals surface area contributed by atoms with E-state index in [-0.39, 0.29) is 5.91 Å². The fourth-order valence-electron chi connectivity index (χ4n) is 2.51. The number of carbonyl (C=O) groups is 1. The molecule has 1 aliphatic heterocycles. The van der Waals surface area contributed by atoms with Crippen molar-refractivity contribution in [1.82, 2.24) is 0 Å². The van der Waals surface area contributed by atoms with Crippen LogP contribution in [0.2, 0.25) is 0 Å². The molecule has 2 rings (SSSR count). The summed E-state index contributed by atoms with van der Waals surface area (Å²) in [5.41, 5.74) is 8.21. The summed E-state index contributed by atoms with van der Waals surface area (Å²) in [6.45, 7) is 1.85. The Bertz CT molecular complexity index is 490. The largest absolute Gasteiger partial charge is 0.371 e. The van der Waals surface area contributed by atoms with Crippen LogP contribution in [0.1, 0.15) is 35.2 Å². The van der Waals surface area contributed by atoms with Gasteiger partial charge in [-0.25, -0.2) is 0 Å². The summed E-state index contributed by atoms with van der Waals surface area (Å²) >= 11 is 0. The Labute approximate surface area is 107 Å². The third-order valence-corrected chi connectivity index (χ3v) is 3.33. The predicted molar refractivity (Wildman–Crippen MR) is 70.3 cm³/mol. The Morgan fingerprint density at radius 2 is 2.33 bits per heavy atom. The number of anilines is 1. The first-order valence-corrected chi connectivity index (χ1v) is 6.27. The standard InChI is InChI=1S/C14H17N3O/c15-8-1-2-9-17-10-4-6-11-12(14(16)18)5-3-7-13(11)17/h3,5,7H,1-2,4,6,9-10H2,(H2,16,18). The minimum absolute atomic E-state index is 0.356. The van der Waals surface area contributed by atoms with Crippen molar-refractivity contribution in [3.63, 3.8) is 0 Å². The molecule has 0 atom stereocenters. The zero-order chi connectivity index (χ0) is 13.0. The van der Waals surface area contributed by atoms with Crippen molar-refractivity contribution in [1.29, 1.82) is 5.26 Å².